The average Bonchev–Trinajstić information content (AvgIpc) is 3.67. The molecular formula is C47H34N2. The van der Waals surface area contributed by atoms with E-state index in [1.54, 1.807) is 0 Å². The lowest BCUT2D eigenvalue weighted by Crippen LogP contribution is -1.98. The summed E-state index contributed by atoms with van der Waals surface area (Å²) in [6.45, 7) is 6.45. The van der Waals surface area contributed by atoms with Crippen LogP contribution in [0.4, 0.5) is 0 Å². The van der Waals surface area contributed by atoms with Gasteiger partial charge in [-0.25, -0.2) is 0 Å². The van der Waals surface area contributed by atoms with Crippen molar-refractivity contribution in [3.05, 3.63) is 182 Å². The van der Waals surface area contributed by atoms with Crippen LogP contribution < -0.4 is 0 Å². The van der Waals surface area contributed by atoms with Crippen molar-refractivity contribution >= 4 is 55.6 Å². The van der Waals surface area contributed by atoms with Crippen molar-refractivity contribution in [2.75, 3.05) is 0 Å². The van der Waals surface area contributed by atoms with Crippen LogP contribution in [0.15, 0.2) is 170 Å². The van der Waals surface area contributed by atoms with E-state index in [1.807, 2.05) is 6.08 Å². The number of rotatable bonds is 6. The number of allylic oxidation sites excluding steroid dienone is 1. The summed E-state index contributed by atoms with van der Waals surface area (Å²) in [6, 6.07) is 57.0. The second-order valence-electron chi connectivity index (χ2n) is 12.6. The van der Waals surface area contributed by atoms with Crippen molar-refractivity contribution < 1.29 is 0 Å². The van der Waals surface area contributed by atoms with E-state index < -0.39 is 0 Å². The fourth-order valence-electron chi connectivity index (χ4n) is 7.60. The molecule has 7 aromatic carbocycles. The van der Waals surface area contributed by atoms with Crippen LogP contribution in [0.5, 0.6) is 0 Å². The smallest absolute Gasteiger partial charge is 0.0548 e. The minimum Gasteiger partial charge on any atom is -0.309 e. The van der Waals surface area contributed by atoms with Gasteiger partial charge in [-0.2, -0.15) is 0 Å². The molecule has 2 nitrogen and oxygen atoms in total. The van der Waals surface area contributed by atoms with E-state index in [2.05, 4.69) is 193 Å². The molecule has 0 radical (unpaired) electrons. The van der Waals surface area contributed by atoms with Crippen molar-refractivity contribution in [1.82, 2.24) is 9.13 Å². The van der Waals surface area contributed by atoms with Crippen molar-refractivity contribution in [3.63, 3.8) is 0 Å². The average molecular weight is 627 g/mol. The van der Waals surface area contributed by atoms with E-state index in [-0.39, 0.29) is 0 Å². The zero-order valence-corrected chi connectivity index (χ0v) is 27.3. The van der Waals surface area contributed by atoms with Gasteiger partial charge in [0.15, 0.2) is 0 Å². The first kappa shape index (κ1) is 28.8. The van der Waals surface area contributed by atoms with Crippen LogP contribution >= 0.6 is 0 Å². The molecule has 0 fully saturated rings. The van der Waals surface area contributed by atoms with E-state index in [9.17, 15) is 0 Å². The highest BCUT2D eigenvalue weighted by Crippen LogP contribution is 2.42. The number of aromatic nitrogens is 2. The molecule has 0 saturated heterocycles. The van der Waals surface area contributed by atoms with Crippen LogP contribution in [-0.4, -0.2) is 9.13 Å². The molecule has 0 N–H and O–H groups in total. The lowest BCUT2D eigenvalue weighted by Gasteiger charge is -2.12. The van der Waals surface area contributed by atoms with Gasteiger partial charge < -0.3 is 9.13 Å². The Labute approximate surface area is 286 Å². The molecule has 0 aliphatic carbocycles. The lowest BCUT2D eigenvalue weighted by molar-refractivity contribution is 1.10. The summed E-state index contributed by atoms with van der Waals surface area (Å²) in [5.74, 6) is 0. The van der Waals surface area contributed by atoms with E-state index in [0.717, 1.165) is 28.1 Å². The molecule has 0 unspecified atom stereocenters. The summed E-state index contributed by atoms with van der Waals surface area (Å²) < 4.78 is 4.80. The topological polar surface area (TPSA) is 9.86 Å². The van der Waals surface area contributed by atoms with Crippen molar-refractivity contribution in [2.45, 2.75) is 6.92 Å². The second kappa shape index (κ2) is 11.7. The standard InChI is InChI=1S/C47H34N2/c1-3-13-42-40(4-2)46-44(49(42)39-19-12-18-36(31-39)37-23-22-33-16-8-9-17-35(33)30-37)28-29-45-47(46)41-20-10-11-21-43(41)48(45)38-26-24-34(25-27-38)32-14-6-5-7-15-32/h3-31H,2H2,1H3/b13-3-. The predicted molar refractivity (Wildman–Crippen MR) is 211 cm³/mol. The molecule has 0 aliphatic rings. The lowest BCUT2D eigenvalue weighted by atomic mass is 10.0. The number of hydrogen-bond donors (Lipinski definition) is 0. The second-order valence-corrected chi connectivity index (χ2v) is 12.6. The van der Waals surface area contributed by atoms with Crippen LogP contribution in [0.25, 0.3) is 89.3 Å². The highest BCUT2D eigenvalue weighted by atomic mass is 15.0. The SMILES string of the molecule is C=Cc1c(/C=C\C)n(-c2cccc(-c3ccc4ccccc4c3)c2)c2ccc3c(c4ccccc4n3-c3ccc(-c4ccccc4)cc3)c12. The quantitative estimate of drug-likeness (QED) is 0.174. The van der Waals surface area contributed by atoms with E-state index in [4.69, 9.17) is 0 Å². The monoisotopic (exact) mass is 626 g/mol. The van der Waals surface area contributed by atoms with Gasteiger partial charge in [0.1, 0.15) is 0 Å². The summed E-state index contributed by atoms with van der Waals surface area (Å²) in [5, 5.41) is 6.18. The maximum absolute atomic E-state index is 4.36. The van der Waals surface area contributed by atoms with Gasteiger partial charge in [0.05, 0.1) is 22.2 Å². The third-order valence-corrected chi connectivity index (χ3v) is 9.79. The summed E-state index contributed by atoms with van der Waals surface area (Å²) in [7, 11) is 0. The first-order valence-corrected chi connectivity index (χ1v) is 16.8. The summed E-state index contributed by atoms with van der Waals surface area (Å²) in [4.78, 5) is 0. The van der Waals surface area contributed by atoms with Crippen molar-refractivity contribution in [3.8, 4) is 33.6 Å². The van der Waals surface area contributed by atoms with Gasteiger partial charge in [-0.1, -0.05) is 128 Å². The minimum atomic E-state index is 1.12. The number of nitrogens with zero attached hydrogens (tertiary/aromatic N) is 2. The Morgan fingerprint density at radius 1 is 0.469 bits per heavy atom. The third kappa shape index (κ3) is 4.64. The zero-order chi connectivity index (χ0) is 32.9. The summed E-state index contributed by atoms with van der Waals surface area (Å²) in [5.41, 5.74) is 12.9. The third-order valence-electron chi connectivity index (χ3n) is 9.79. The van der Waals surface area contributed by atoms with Gasteiger partial charge in [-0.15, -0.1) is 0 Å². The van der Waals surface area contributed by atoms with Crippen molar-refractivity contribution in [2.24, 2.45) is 0 Å². The molecule has 0 bridgehead atoms. The molecule has 0 aliphatic heterocycles. The van der Waals surface area contributed by atoms with Gasteiger partial charge in [-0.3, -0.25) is 0 Å². The Morgan fingerprint density at radius 3 is 1.92 bits per heavy atom. The molecule has 9 rings (SSSR count). The first-order chi connectivity index (χ1) is 24.2. The Kier molecular flexibility index (Phi) is 6.88. The maximum Gasteiger partial charge on any atom is 0.0548 e. The fraction of sp³-hybridized carbons (Fsp3) is 0.0213. The number of fused-ring (bicyclic) bond motifs is 6. The van der Waals surface area contributed by atoms with Crippen molar-refractivity contribution in [1.29, 1.82) is 0 Å². The molecule has 49 heavy (non-hydrogen) atoms. The fourth-order valence-corrected chi connectivity index (χ4v) is 7.60. The van der Waals surface area contributed by atoms with E-state index in [1.165, 1.54) is 60.2 Å². The molecule has 0 saturated carbocycles. The molecule has 0 atom stereocenters. The highest BCUT2D eigenvalue weighted by Gasteiger charge is 2.22. The van der Waals surface area contributed by atoms with Gasteiger partial charge >= 0.3 is 0 Å². The Balaban J connectivity index is 1.28. The molecule has 0 spiro atoms. The number of hydrogen-bond acceptors (Lipinski definition) is 0. The van der Waals surface area contributed by atoms with E-state index >= 15 is 0 Å². The molecule has 2 aromatic heterocycles. The molecule has 2 heterocycles. The zero-order valence-electron chi connectivity index (χ0n) is 27.3. The van der Waals surface area contributed by atoms with Crippen LogP contribution in [0.3, 0.4) is 0 Å². The largest absolute Gasteiger partial charge is 0.309 e. The van der Waals surface area contributed by atoms with Gasteiger partial charge in [-0.05, 0) is 94.6 Å². The maximum atomic E-state index is 4.36. The molecule has 9 aromatic rings. The van der Waals surface area contributed by atoms with Crippen LogP contribution in [0.1, 0.15) is 18.2 Å². The van der Waals surface area contributed by atoms with Crippen LogP contribution in [0.2, 0.25) is 0 Å². The Bertz CT molecular complexity index is 2720. The molecule has 2 heteroatoms. The Hall–Kier alpha value is -6.38. The van der Waals surface area contributed by atoms with Crippen LogP contribution in [-0.2, 0) is 0 Å². The predicted octanol–water partition coefficient (Wildman–Crippen LogP) is 12.9. The number of benzene rings is 7. The van der Waals surface area contributed by atoms with Crippen LogP contribution in [0, 0.1) is 0 Å². The normalized spacial score (nSPS) is 11.8. The number of para-hydroxylation sites is 1. The minimum absolute atomic E-state index is 1.12. The molecule has 232 valence electrons. The highest BCUT2D eigenvalue weighted by molar-refractivity contribution is 6.24. The molecular weight excluding hydrogens is 593 g/mol. The first-order valence-electron chi connectivity index (χ1n) is 16.8. The Morgan fingerprint density at radius 2 is 1.12 bits per heavy atom. The van der Waals surface area contributed by atoms with Gasteiger partial charge in [0.25, 0.3) is 0 Å². The molecule has 0 amide bonds. The van der Waals surface area contributed by atoms with Gasteiger partial charge in [0.2, 0.25) is 0 Å². The summed E-state index contributed by atoms with van der Waals surface area (Å²) in [6.07, 6.45) is 6.37. The van der Waals surface area contributed by atoms with Gasteiger partial charge in [0, 0.05) is 33.1 Å². The van der Waals surface area contributed by atoms with E-state index in [0.29, 0.717) is 0 Å². The summed E-state index contributed by atoms with van der Waals surface area (Å²) >= 11 is 0.